The van der Waals surface area contributed by atoms with Crippen molar-refractivity contribution >= 4 is 50.4 Å². The third kappa shape index (κ3) is 4.24. The molecule has 1 rings (SSSR count). The van der Waals surface area contributed by atoms with E-state index in [0.717, 1.165) is 8.04 Å². The van der Waals surface area contributed by atoms with Crippen molar-refractivity contribution < 1.29 is 14.3 Å². The first-order chi connectivity index (χ1) is 8.45. The van der Waals surface area contributed by atoms with Gasteiger partial charge in [-0.15, -0.1) is 0 Å². The van der Waals surface area contributed by atoms with Gasteiger partial charge in [0.1, 0.15) is 0 Å². The third-order valence-electron chi connectivity index (χ3n) is 2.38. The molecule has 0 aliphatic carbocycles. The van der Waals surface area contributed by atoms with E-state index in [2.05, 4.69) is 43.3 Å². The molecule has 1 aromatic carbocycles. The molecule has 1 aromatic rings. The van der Waals surface area contributed by atoms with Crippen molar-refractivity contribution in [2.75, 3.05) is 20.7 Å². The van der Waals surface area contributed by atoms with Gasteiger partial charge in [-0.3, -0.25) is 9.59 Å². The highest BCUT2D eigenvalue weighted by Crippen LogP contribution is 2.20. The van der Waals surface area contributed by atoms with E-state index in [1.807, 2.05) is 18.2 Å². The molecule has 6 heteroatoms. The van der Waals surface area contributed by atoms with Crippen molar-refractivity contribution in [3.05, 3.63) is 31.8 Å². The monoisotopic (exact) mass is 425 g/mol. The lowest BCUT2D eigenvalue weighted by molar-refractivity contribution is -0.140. The number of rotatable bonds is 4. The van der Waals surface area contributed by atoms with E-state index in [4.69, 9.17) is 0 Å². The highest BCUT2D eigenvalue weighted by Gasteiger charge is 2.16. The van der Waals surface area contributed by atoms with Gasteiger partial charge in [-0.1, -0.05) is 0 Å². The minimum Gasteiger partial charge on any atom is -0.469 e. The molecule has 1 amide bonds. The zero-order chi connectivity index (χ0) is 13.7. The molecule has 0 bridgehead atoms. The number of nitrogens with zero attached hydrogens (tertiary/aromatic N) is 1. The van der Waals surface area contributed by atoms with Crippen LogP contribution in [0.4, 0.5) is 0 Å². The molecule has 0 unspecified atom stereocenters. The molecule has 0 N–H and O–H groups in total. The Balaban J connectivity index is 2.74. The molecule has 0 aromatic heterocycles. The van der Waals surface area contributed by atoms with Crippen LogP contribution in [0.15, 0.2) is 22.7 Å². The lowest BCUT2D eigenvalue weighted by Crippen LogP contribution is -2.29. The summed E-state index contributed by atoms with van der Waals surface area (Å²) in [6, 6.07) is 5.56. The maximum atomic E-state index is 12.2. The van der Waals surface area contributed by atoms with Gasteiger partial charge in [-0.2, -0.15) is 0 Å². The highest BCUT2D eigenvalue weighted by atomic mass is 127. The van der Waals surface area contributed by atoms with Gasteiger partial charge in [0.05, 0.1) is 19.1 Å². The summed E-state index contributed by atoms with van der Waals surface area (Å²) in [4.78, 5) is 24.7. The molecular formula is C12H13BrINO3. The topological polar surface area (TPSA) is 46.6 Å². The Kier molecular flexibility index (Phi) is 6.07. The number of carbonyl (C=O) groups is 2. The SMILES string of the molecule is COC(=O)CCN(C)C(=O)c1cc(I)ccc1Br. The van der Waals surface area contributed by atoms with Crippen LogP contribution in [0.3, 0.4) is 0 Å². The van der Waals surface area contributed by atoms with Crippen LogP contribution in [0.25, 0.3) is 0 Å². The number of ether oxygens (including phenoxy) is 1. The van der Waals surface area contributed by atoms with Gasteiger partial charge in [0, 0.05) is 21.6 Å². The van der Waals surface area contributed by atoms with E-state index in [1.54, 1.807) is 7.05 Å². The van der Waals surface area contributed by atoms with E-state index >= 15 is 0 Å². The van der Waals surface area contributed by atoms with E-state index < -0.39 is 0 Å². The Morgan fingerprint density at radius 1 is 1.44 bits per heavy atom. The number of esters is 1. The number of benzene rings is 1. The first kappa shape index (κ1) is 15.4. The summed E-state index contributed by atoms with van der Waals surface area (Å²) < 4.78 is 6.28. The normalized spacial score (nSPS) is 10.0. The fourth-order valence-electron chi connectivity index (χ4n) is 1.33. The standard InChI is InChI=1S/C12H13BrINO3/c1-15(6-5-11(16)18-2)12(17)9-7-8(14)3-4-10(9)13/h3-4,7H,5-6H2,1-2H3. The van der Waals surface area contributed by atoms with E-state index in [9.17, 15) is 9.59 Å². The molecule has 4 nitrogen and oxygen atoms in total. The van der Waals surface area contributed by atoms with E-state index in [1.165, 1.54) is 12.0 Å². The molecule has 0 saturated heterocycles. The van der Waals surface area contributed by atoms with Crippen LogP contribution < -0.4 is 0 Å². The Labute approximate surface area is 128 Å². The van der Waals surface area contributed by atoms with Gasteiger partial charge >= 0.3 is 5.97 Å². The first-order valence-electron chi connectivity index (χ1n) is 5.23. The molecule has 18 heavy (non-hydrogen) atoms. The van der Waals surface area contributed by atoms with Crippen molar-refractivity contribution in [3.8, 4) is 0 Å². The molecule has 0 fully saturated rings. The van der Waals surface area contributed by atoms with Crippen molar-refractivity contribution in [2.24, 2.45) is 0 Å². The summed E-state index contributed by atoms with van der Waals surface area (Å²) in [6.07, 6.45) is 0.195. The van der Waals surface area contributed by atoms with Crippen molar-refractivity contribution in [1.82, 2.24) is 4.90 Å². The van der Waals surface area contributed by atoms with Crippen LogP contribution in [-0.4, -0.2) is 37.5 Å². The lowest BCUT2D eigenvalue weighted by Gasteiger charge is -2.17. The third-order valence-corrected chi connectivity index (χ3v) is 3.75. The average Bonchev–Trinajstić information content (AvgIpc) is 2.37. The smallest absolute Gasteiger partial charge is 0.307 e. The Morgan fingerprint density at radius 3 is 2.72 bits per heavy atom. The molecule has 0 heterocycles. The second kappa shape index (κ2) is 7.08. The average molecular weight is 426 g/mol. The summed E-state index contributed by atoms with van der Waals surface area (Å²) in [5.74, 6) is -0.444. The quantitative estimate of drug-likeness (QED) is 0.550. The van der Waals surface area contributed by atoms with Gasteiger partial charge < -0.3 is 9.64 Å². The first-order valence-corrected chi connectivity index (χ1v) is 7.10. The molecular weight excluding hydrogens is 413 g/mol. The number of hydrogen-bond acceptors (Lipinski definition) is 3. The van der Waals surface area contributed by atoms with Crippen LogP contribution in [0.2, 0.25) is 0 Å². The van der Waals surface area contributed by atoms with Gasteiger partial charge in [0.25, 0.3) is 5.91 Å². The Bertz CT molecular complexity index is 465. The summed E-state index contributed by atoms with van der Waals surface area (Å²) in [5, 5.41) is 0. The number of hydrogen-bond donors (Lipinski definition) is 0. The van der Waals surface area contributed by atoms with Gasteiger partial charge in [-0.05, 0) is 56.7 Å². The maximum Gasteiger partial charge on any atom is 0.307 e. The molecule has 0 aliphatic heterocycles. The van der Waals surface area contributed by atoms with Crippen molar-refractivity contribution in [1.29, 1.82) is 0 Å². The minimum atomic E-state index is -0.323. The minimum absolute atomic E-state index is 0.121. The van der Waals surface area contributed by atoms with Crippen LogP contribution in [0.1, 0.15) is 16.8 Å². The second-order valence-electron chi connectivity index (χ2n) is 3.68. The zero-order valence-electron chi connectivity index (χ0n) is 10.1. The van der Waals surface area contributed by atoms with Gasteiger partial charge in [0.2, 0.25) is 0 Å². The lowest BCUT2D eigenvalue weighted by atomic mass is 10.2. The zero-order valence-corrected chi connectivity index (χ0v) is 13.8. The number of methoxy groups -OCH3 is 1. The van der Waals surface area contributed by atoms with Crippen molar-refractivity contribution in [2.45, 2.75) is 6.42 Å². The molecule has 0 atom stereocenters. The predicted octanol–water partition coefficient (Wildman–Crippen LogP) is 2.69. The Morgan fingerprint density at radius 2 is 2.11 bits per heavy atom. The summed E-state index contributed by atoms with van der Waals surface area (Å²) in [7, 11) is 3.00. The van der Waals surface area contributed by atoms with Crippen LogP contribution in [0, 0.1) is 3.57 Å². The summed E-state index contributed by atoms with van der Waals surface area (Å²) in [6.45, 7) is 0.337. The largest absolute Gasteiger partial charge is 0.469 e. The second-order valence-corrected chi connectivity index (χ2v) is 5.78. The molecule has 98 valence electrons. The fourth-order valence-corrected chi connectivity index (χ4v) is 2.24. The molecule has 0 spiro atoms. The summed E-state index contributed by atoms with van der Waals surface area (Å²) in [5.41, 5.74) is 0.592. The number of amides is 1. The van der Waals surface area contributed by atoms with Crippen LogP contribution in [0.5, 0.6) is 0 Å². The van der Waals surface area contributed by atoms with Gasteiger partial charge in [-0.25, -0.2) is 0 Å². The Hall–Kier alpha value is -0.630. The van der Waals surface area contributed by atoms with E-state index in [0.29, 0.717) is 12.1 Å². The van der Waals surface area contributed by atoms with Crippen molar-refractivity contribution in [3.63, 3.8) is 0 Å². The van der Waals surface area contributed by atoms with Crippen LogP contribution >= 0.6 is 38.5 Å². The van der Waals surface area contributed by atoms with Crippen LogP contribution in [-0.2, 0) is 9.53 Å². The van der Waals surface area contributed by atoms with E-state index in [-0.39, 0.29) is 18.3 Å². The highest BCUT2D eigenvalue weighted by molar-refractivity contribution is 14.1. The molecule has 0 radical (unpaired) electrons. The summed E-state index contributed by atoms with van der Waals surface area (Å²) >= 11 is 5.50. The number of carbonyl (C=O) groups excluding carboxylic acids is 2. The maximum absolute atomic E-state index is 12.2. The van der Waals surface area contributed by atoms with Gasteiger partial charge in [0.15, 0.2) is 0 Å². The molecule has 0 aliphatic rings. The fraction of sp³-hybridized carbons (Fsp3) is 0.333. The number of halogens is 2. The predicted molar refractivity (Wildman–Crippen MR) is 80.5 cm³/mol. The molecule has 0 saturated carbocycles.